The van der Waals surface area contributed by atoms with Crippen LogP contribution in [0.5, 0.6) is 0 Å². The highest BCUT2D eigenvalue weighted by atomic mass is 35.5. The molecule has 0 amide bonds. The van der Waals surface area contributed by atoms with Crippen LogP contribution in [0.4, 0.5) is 23.1 Å². The van der Waals surface area contributed by atoms with Crippen LogP contribution in [0.1, 0.15) is 32.1 Å². The van der Waals surface area contributed by atoms with E-state index in [0.29, 0.717) is 41.2 Å². The maximum atomic E-state index is 12.2. The molecule has 2 aromatic rings. The van der Waals surface area contributed by atoms with Gasteiger partial charge in [0.25, 0.3) is 0 Å². The van der Waals surface area contributed by atoms with Crippen molar-refractivity contribution in [3.8, 4) is 0 Å². The summed E-state index contributed by atoms with van der Waals surface area (Å²) in [5.74, 6) is 1.21. The number of nitrogens with zero attached hydrogens (tertiary/aromatic N) is 5. The van der Waals surface area contributed by atoms with Crippen LogP contribution in [-0.4, -0.2) is 110 Å². The van der Waals surface area contributed by atoms with Crippen LogP contribution in [0.3, 0.4) is 0 Å². The van der Waals surface area contributed by atoms with Crippen molar-refractivity contribution in [3.63, 3.8) is 0 Å². The molecular weight excluding hydrogens is 630 g/mol. The number of allylic oxidation sites excluding steroid dienone is 3. The van der Waals surface area contributed by atoms with Gasteiger partial charge in [0, 0.05) is 45.8 Å². The Bertz CT molecular complexity index is 1510. The fraction of sp³-hybridized carbons (Fsp3) is 0.500. The molecule has 1 aromatic carbocycles. The number of sulfonamides is 1. The molecule has 1 saturated heterocycles. The number of methoxy groups -OCH3 is 1. The van der Waals surface area contributed by atoms with Crippen molar-refractivity contribution in [1.82, 2.24) is 19.8 Å². The monoisotopic (exact) mass is 675 g/mol. The number of aliphatic hydroxyl groups is 2. The normalized spacial score (nSPS) is 22.0. The van der Waals surface area contributed by atoms with Gasteiger partial charge in [0.15, 0.2) is 5.82 Å². The van der Waals surface area contributed by atoms with E-state index in [1.807, 2.05) is 6.08 Å². The zero-order valence-corrected chi connectivity index (χ0v) is 28.4. The highest BCUT2D eigenvalue weighted by Crippen LogP contribution is 2.32. The largest absolute Gasteiger partial charge is 0.494 e. The van der Waals surface area contributed by atoms with E-state index >= 15 is 0 Å². The Balaban J connectivity index is 1.49. The quantitative estimate of drug-likeness (QED) is 0.275. The molecule has 0 spiro atoms. The van der Waals surface area contributed by atoms with Crippen LogP contribution in [0, 0.1) is 0 Å². The summed E-state index contributed by atoms with van der Waals surface area (Å²) in [6.45, 7) is 8.23. The average Bonchev–Trinajstić information content (AvgIpc) is 3.06. The number of aliphatic hydroxyl groups excluding tert-OH is 2. The number of anilines is 4. The number of hydrogen-bond acceptors (Lipinski definition) is 11. The lowest BCUT2D eigenvalue weighted by atomic mass is 9.99. The van der Waals surface area contributed by atoms with Crippen LogP contribution in [0.25, 0.3) is 0 Å². The molecule has 2 heterocycles. The molecular formula is C32H46ClN7O5S. The van der Waals surface area contributed by atoms with Gasteiger partial charge >= 0.3 is 0 Å². The van der Waals surface area contributed by atoms with Gasteiger partial charge in [0.05, 0.1) is 49.3 Å². The number of piperazine rings is 1. The molecule has 4 N–H and O–H groups in total. The first-order chi connectivity index (χ1) is 22.0. The molecule has 4 rings (SSSR count). The molecule has 252 valence electrons. The van der Waals surface area contributed by atoms with E-state index in [4.69, 9.17) is 16.3 Å². The first-order valence-corrected chi connectivity index (χ1v) is 17.7. The first-order valence-electron chi connectivity index (χ1n) is 15.5. The van der Waals surface area contributed by atoms with Gasteiger partial charge in [-0.2, -0.15) is 4.98 Å². The Morgan fingerprint density at radius 3 is 2.63 bits per heavy atom. The van der Waals surface area contributed by atoms with Crippen molar-refractivity contribution >= 4 is 44.8 Å². The lowest BCUT2D eigenvalue weighted by Gasteiger charge is -2.40. The lowest BCUT2D eigenvalue weighted by molar-refractivity contribution is 0.0289. The predicted molar refractivity (Wildman–Crippen MR) is 184 cm³/mol. The Morgan fingerprint density at radius 1 is 1.20 bits per heavy atom. The van der Waals surface area contributed by atoms with Crippen molar-refractivity contribution in [2.24, 2.45) is 0 Å². The summed E-state index contributed by atoms with van der Waals surface area (Å²) in [6, 6.07) is 7.42. The Labute approximate surface area is 277 Å². The molecule has 0 saturated carbocycles. The number of benzene rings is 1. The third-order valence-corrected chi connectivity index (χ3v) is 9.79. The summed E-state index contributed by atoms with van der Waals surface area (Å²) in [5.41, 5.74) is 2.50. The number of hydrogen-bond donors (Lipinski definition) is 4. The first kappa shape index (κ1) is 35.7. The molecule has 1 aromatic heterocycles. The number of aromatic nitrogens is 2. The second kappa shape index (κ2) is 16.6. The Hall–Kier alpha value is -3.20. The van der Waals surface area contributed by atoms with Crippen LogP contribution in [0.15, 0.2) is 66.2 Å². The highest BCUT2D eigenvalue weighted by Gasteiger charge is 2.25. The SMILES string of the molecule is C=C1CCCC(N2CCN(C[C@@H](O)CO)CC2)CC/C=C\C(Nc2ncc(Cl)c(Nc3ccccc3N(C)S(C)(=O)=O)n2)=C/1OC. The number of rotatable bonds is 11. The fourth-order valence-electron chi connectivity index (χ4n) is 5.75. The number of para-hydroxylation sites is 2. The third kappa shape index (κ3) is 9.66. The summed E-state index contributed by atoms with van der Waals surface area (Å²) in [6.07, 6.45) is 10.6. The summed E-state index contributed by atoms with van der Waals surface area (Å²) < 4.78 is 31.5. The van der Waals surface area contributed by atoms with Crippen LogP contribution < -0.4 is 14.9 Å². The minimum absolute atomic E-state index is 0.213. The average molecular weight is 676 g/mol. The molecule has 0 bridgehead atoms. The minimum Gasteiger partial charge on any atom is -0.494 e. The van der Waals surface area contributed by atoms with E-state index in [2.05, 4.69) is 43.1 Å². The van der Waals surface area contributed by atoms with Gasteiger partial charge in [-0.25, -0.2) is 13.4 Å². The number of nitrogens with one attached hydrogen (secondary N) is 2. The van der Waals surface area contributed by atoms with Crippen molar-refractivity contribution in [3.05, 3.63) is 71.2 Å². The molecule has 1 fully saturated rings. The predicted octanol–water partition coefficient (Wildman–Crippen LogP) is 3.96. The summed E-state index contributed by atoms with van der Waals surface area (Å²) in [4.78, 5) is 13.8. The van der Waals surface area contributed by atoms with Gasteiger partial charge in [-0.05, 0) is 55.9 Å². The van der Waals surface area contributed by atoms with E-state index in [9.17, 15) is 18.6 Å². The molecule has 1 unspecified atom stereocenters. The molecule has 2 aliphatic rings. The van der Waals surface area contributed by atoms with Crippen LogP contribution in [-0.2, 0) is 14.8 Å². The fourth-order valence-corrected chi connectivity index (χ4v) is 6.40. The molecule has 46 heavy (non-hydrogen) atoms. The Morgan fingerprint density at radius 2 is 1.93 bits per heavy atom. The molecule has 1 aliphatic carbocycles. The van der Waals surface area contributed by atoms with Crippen LogP contribution >= 0.6 is 11.6 Å². The molecule has 2 atom stereocenters. The Kier molecular flexibility index (Phi) is 12.8. The van der Waals surface area contributed by atoms with E-state index in [1.165, 1.54) is 17.5 Å². The zero-order chi connectivity index (χ0) is 33.3. The zero-order valence-electron chi connectivity index (χ0n) is 26.8. The van der Waals surface area contributed by atoms with Crippen molar-refractivity contribution in [1.29, 1.82) is 0 Å². The maximum Gasteiger partial charge on any atom is 0.232 e. The number of halogens is 1. The van der Waals surface area contributed by atoms with E-state index < -0.39 is 16.1 Å². The van der Waals surface area contributed by atoms with Gasteiger partial charge < -0.3 is 25.6 Å². The van der Waals surface area contributed by atoms with E-state index in [-0.39, 0.29) is 17.6 Å². The standard InChI is InChI=1S/C32H46ClN7O5S/c1-23-10-9-12-24(40-18-16-39(17-19-40)21-25(42)22-41)11-5-6-14-28(30(23)45-3)36-32-34-20-26(33)31(37-32)35-27-13-7-8-15-29(27)38(2)46(4,43)44/h6-8,13-15,20,24-25,41-42H,1,5,9-12,16-19,21-22H2,2-4H3,(H2,34,35,36,37)/b14-6-,30-28-/t24?,25-/m1/s1. The number of β-amino-alcohol motifs (C(OH)–C–C–N with tert-alkyl or cyclic N) is 1. The lowest BCUT2D eigenvalue weighted by Crippen LogP contribution is -2.52. The second-order valence-corrected chi connectivity index (χ2v) is 14.1. The van der Waals surface area contributed by atoms with Gasteiger partial charge in [-0.3, -0.25) is 14.1 Å². The van der Waals surface area contributed by atoms with Crippen molar-refractivity contribution < 1.29 is 23.4 Å². The minimum atomic E-state index is -3.50. The summed E-state index contributed by atoms with van der Waals surface area (Å²) in [7, 11) is -0.388. The van der Waals surface area contributed by atoms with Crippen LogP contribution in [0.2, 0.25) is 5.02 Å². The molecule has 12 nitrogen and oxygen atoms in total. The highest BCUT2D eigenvalue weighted by molar-refractivity contribution is 7.92. The molecule has 14 heteroatoms. The van der Waals surface area contributed by atoms with E-state index in [1.54, 1.807) is 31.4 Å². The topological polar surface area (TPSA) is 143 Å². The summed E-state index contributed by atoms with van der Waals surface area (Å²) in [5, 5.41) is 25.7. The van der Waals surface area contributed by atoms with Crippen molar-refractivity contribution in [2.45, 2.75) is 44.2 Å². The molecule has 0 radical (unpaired) electrons. The summed E-state index contributed by atoms with van der Waals surface area (Å²) >= 11 is 6.47. The van der Waals surface area contributed by atoms with Gasteiger partial charge in [0.2, 0.25) is 16.0 Å². The van der Waals surface area contributed by atoms with Gasteiger partial charge in [-0.1, -0.05) is 36.4 Å². The van der Waals surface area contributed by atoms with Gasteiger partial charge in [-0.15, -0.1) is 0 Å². The van der Waals surface area contributed by atoms with E-state index in [0.717, 1.165) is 70.1 Å². The van der Waals surface area contributed by atoms with Gasteiger partial charge in [0.1, 0.15) is 10.8 Å². The number of ether oxygens (including phenoxy) is 1. The second-order valence-electron chi connectivity index (χ2n) is 11.6. The van der Waals surface area contributed by atoms with Crippen molar-refractivity contribution in [2.75, 3.05) is 74.7 Å². The smallest absolute Gasteiger partial charge is 0.232 e. The maximum absolute atomic E-state index is 12.2. The third-order valence-electron chi connectivity index (χ3n) is 8.32. The molecule has 1 aliphatic heterocycles.